The van der Waals surface area contributed by atoms with E-state index < -0.39 is 6.04 Å². The molecule has 1 aromatic heterocycles. The third-order valence-corrected chi connectivity index (χ3v) is 9.04. The summed E-state index contributed by atoms with van der Waals surface area (Å²) in [7, 11) is 0. The third kappa shape index (κ3) is 14.3. The molecule has 0 radical (unpaired) electrons. The van der Waals surface area contributed by atoms with Crippen molar-refractivity contribution in [2.75, 3.05) is 27.4 Å². The van der Waals surface area contributed by atoms with Crippen molar-refractivity contribution < 1.29 is 15.1 Å². The first-order chi connectivity index (χ1) is 28.5. The molecule has 1 aliphatic rings. The summed E-state index contributed by atoms with van der Waals surface area (Å²) in [6.07, 6.45) is 14.1. The molecule has 0 saturated heterocycles. The molecule has 1 atom stereocenters. The average Bonchev–Trinajstić information content (AvgIpc) is 3.23. The van der Waals surface area contributed by atoms with Crippen molar-refractivity contribution >= 4 is 46.5 Å². The second-order valence-corrected chi connectivity index (χ2v) is 14.3. The number of nitrogens with zero attached hydrogens (tertiary/aromatic N) is 5. The number of amides is 3. The summed E-state index contributed by atoms with van der Waals surface area (Å²) in [5.74, 6) is 0.954. The second-order valence-electron chi connectivity index (χ2n) is 14.3. The highest BCUT2D eigenvalue weighted by Crippen LogP contribution is 2.31. The molecule has 0 bridgehead atoms. The molecule has 2 heterocycles. The first-order valence-corrected chi connectivity index (χ1v) is 20.3. The smallest absolute Gasteiger partial charge is 0.327 e. The SMILES string of the molecule is C=C(/C=C\C(C)=N)Nc1ncc2c(n1)NC(=O)N(c1cc(NCC/C=C/N(Cc3ccccc3)C(=O)[C@H](CC(C)C)N=C(/C=C/C)c3ccccc3)ccc1C)C2.CC.O. The van der Waals surface area contributed by atoms with Gasteiger partial charge in [-0.2, -0.15) is 4.98 Å². The fraction of sp³-hybridized carbons (Fsp3) is 0.292. The standard InChI is InChI=1S/C46H53N9O2.C2H6.H2O/c1-7-16-40(37-19-12-9-13-20-37)51-41(27-32(2)3)44(56)54(30-36-17-10-8-11-18-36)26-15-14-25-48-39-24-21-33(4)42(28-39)55-31-38-29-49-45(52-43(38)53-46(55)57)50-35(6)23-22-34(5)47;1-2;/h7-13,15-24,26,28-29,32,41,47-48H,6,14,25,27,30-31H2,1-5H3,(H2,49,50,52,53,57);1-2H3;1H2/b16-7+,23-22-,26-15+,47-34?,51-40?;;/t41-;;/m0../s1. The minimum atomic E-state index is -0.553. The van der Waals surface area contributed by atoms with Crippen LogP contribution in [0.3, 0.4) is 0 Å². The average molecular weight is 812 g/mol. The van der Waals surface area contributed by atoms with Gasteiger partial charge in [0.15, 0.2) is 0 Å². The van der Waals surface area contributed by atoms with Gasteiger partial charge in [0.1, 0.15) is 11.9 Å². The highest BCUT2D eigenvalue weighted by Gasteiger charge is 2.27. The van der Waals surface area contributed by atoms with Gasteiger partial charge in [-0.15, -0.1) is 0 Å². The van der Waals surface area contributed by atoms with Crippen molar-refractivity contribution in [2.45, 2.75) is 80.4 Å². The van der Waals surface area contributed by atoms with E-state index in [4.69, 9.17) is 10.4 Å². The maximum Gasteiger partial charge on any atom is 0.327 e. The van der Waals surface area contributed by atoms with E-state index in [9.17, 15) is 9.59 Å². The summed E-state index contributed by atoms with van der Waals surface area (Å²) < 4.78 is 0. The Morgan fingerprint density at radius 3 is 2.42 bits per heavy atom. The fourth-order valence-corrected chi connectivity index (χ4v) is 6.20. The molecule has 0 saturated carbocycles. The highest BCUT2D eigenvalue weighted by molar-refractivity contribution is 6.09. The molecule has 1 aliphatic heterocycles. The van der Waals surface area contributed by atoms with E-state index in [1.165, 1.54) is 0 Å². The lowest BCUT2D eigenvalue weighted by atomic mass is 10.0. The van der Waals surface area contributed by atoms with E-state index in [2.05, 4.69) is 46.3 Å². The van der Waals surface area contributed by atoms with Crippen molar-refractivity contribution in [3.8, 4) is 0 Å². The third-order valence-electron chi connectivity index (χ3n) is 9.04. The van der Waals surface area contributed by atoms with Crippen LogP contribution in [0.2, 0.25) is 0 Å². The summed E-state index contributed by atoms with van der Waals surface area (Å²) in [5.41, 5.74) is 7.07. The van der Waals surface area contributed by atoms with Gasteiger partial charge in [-0.1, -0.05) is 113 Å². The van der Waals surface area contributed by atoms with E-state index >= 15 is 0 Å². The number of urea groups is 1. The minimum Gasteiger partial charge on any atom is -0.412 e. The Morgan fingerprint density at radius 1 is 1.05 bits per heavy atom. The predicted molar refractivity (Wildman–Crippen MR) is 249 cm³/mol. The maximum atomic E-state index is 14.3. The highest BCUT2D eigenvalue weighted by atomic mass is 16.2. The lowest BCUT2D eigenvalue weighted by molar-refractivity contribution is -0.130. The molecule has 316 valence electrons. The van der Waals surface area contributed by atoms with E-state index in [0.29, 0.717) is 55.7 Å². The molecule has 4 aromatic rings. The Bertz CT molecular complexity index is 2160. The molecule has 0 fully saturated rings. The maximum absolute atomic E-state index is 14.3. The van der Waals surface area contributed by atoms with E-state index in [1.807, 2.05) is 131 Å². The molecule has 6 N–H and O–H groups in total. The number of hydrogen-bond donors (Lipinski definition) is 4. The number of carbonyl (C=O) groups is 2. The van der Waals surface area contributed by atoms with Crippen LogP contribution in [0.15, 0.2) is 139 Å². The summed E-state index contributed by atoms with van der Waals surface area (Å²) in [6, 6.07) is 25.1. The zero-order valence-corrected chi connectivity index (χ0v) is 36.0. The Kier molecular flexibility index (Phi) is 19.3. The molecule has 3 amide bonds. The molecule has 0 spiro atoms. The monoisotopic (exact) mass is 811 g/mol. The number of hydrogen-bond acceptors (Lipinski definition) is 8. The van der Waals surface area contributed by atoms with Crippen LogP contribution in [0.1, 0.15) is 76.6 Å². The second kappa shape index (κ2) is 24.3. The lowest BCUT2D eigenvalue weighted by Crippen LogP contribution is -2.39. The van der Waals surface area contributed by atoms with Crippen molar-refractivity contribution in [2.24, 2.45) is 10.9 Å². The Hall–Kier alpha value is -6.66. The summed E-state index contributed by atoms with van der Waals surface area (Å²) >= 11 is 0. The molecule has 60 heavy (non-hydrogen) atoms. The topological polar surface area (TPSA) is 170 Å². The van der Waals surface area contributed by atoms with Gasteiger partial charge in [-0.25, -0.2) is 9.78 Å². The van der Waals surface area contributed by atoms with Gasteiger partial charge in [-0.3, -0.25) is 20.0 Å². The van der Waals surface area contributed by atoms with E-state index in [1.54, 1.807) is 35.1 Å². The molecular formula is C48H61N9O3. The van der Waals surface area contributed by atoms with Gasteiger partial charge < -0.3 is 26.4 Å². The normalized spacial score (nSPS) is 13.0. The quantitative estimate of drug-likeness (QED) is 0.0443. The first-order valence-electron chi connectivity index (χ1n) is 20.3. The van der Waals surface area contributed by atoms with Crippen LogP contribution in [0.5, 0.6) is 0 Å². The molecule has 0 aliphatic carbocycles. The molecule has 12 heteroatoms. The van der Waals surface area contributed by atoms with E-state index in [0.717, 1.165) is 39.3 Å². The Labute approximate surface area is 355 Å². The van der Waals surface area contributed by atoms with Crippen LogP contribution < -0.4 is 20.9 Å². The number of allylic oxidation sites excluding steroid dienone is 4. The van der Waals surface area contributed by atoms with Crippen LogP contribution in [0, 0.1) is 18.3 Å². The van der Waals surface area contributed by atoms with Gasteiger partial charge in [0.2, 0.25) is 5.95 Å². The number of benzene rings is 3. The van der Waals surface area contributed by atoms with Gasteiger partial charge >= 0.3 is 6.03 Å². The Morgan fingerprint density at radius 2 is 1.75 bits per heavy atom. The zero-order chi connectivity index (χ0) is 42.7. The van der Waals surface area contributed by atoms with Gasteiger partial charge in [-0.05, 0) is 86.6 Å². The fourth-order valence-electron chi connectivity index (χ4n) is 6.20. The van der Waals surface area contributed by atoms with Gasteiger partial charge in [0.05, 0.1) is 24.5 Å². The zero-order valence-electron chi connectivity index (χ0n) is 36.0. The molecule has 12 nitrogen and oxygen atoms in total. The number of aryl methyl sites for hydroxylation is 1. The van der Waals surface area contributed by atoms with Gasteiger partial charge in [0.25, 0.3) is 5.91 Å². The van der Waals surface area contributed by atoms with E-state index in [-0.39, 0.29) is 23.3 Å². The summed E-state index contributed by atoms with van der Waals surface area (Å²) in [4.78, 5) is 45.1. The van der Waals surface area contributed by atoms with Crippen LogP contribution in [-0.2, 0) is 17.9 Å². The summed E-state index contributed by atoms with van der Waals surface area (Å²) in [6.45, 7) is 19.1. The predicted octanol–water partition coefficient (Wildman–Crippen LogP) is 9.88. The number of fused-ring (bicyclic) bond motifs is 1. The Balaban J connectivity index is 0.00000315. The largest absolute Gasteiger partial charge is 0.412 e. The number of aromatic nitrogens is 2. The lowest BCUT2D eigenvalue weighted by Gasteiger charge is -2.30. The number of carbonyl (C=O) groups excluding carboxylic acids is 2. The minimum absolute atomic E-state index is 0. The van der Waals surface area contributed by atoms with Crippen LogP contribution in [0.25, 0.3) is 0 Å². The van der Waals surface area contributed by atoms with Gasteiger partial charge in [0, 0.05) is 41.6 Å². The first kappa shape index (κ1) is 47.7. The van der Waals surface area contributed by atoms with Crippen LogP contribution >= 0.6 is 0 Å². The molecular weight excluding hydrogens is 751 g/mol. The summed E-state index contributed by atoms with van der Waals surface area (Å²) in [5, 5.41) is 16.9. The number of anilines is 4. The molecule has 0 unspecified atom stereocenters. The van der Waals surface area contributed by atoms with Crippen LogP contribution in [0.4, 0.5) is 27.9 Å². The number of rotatable bonds is 18. The van der Waals surface area contributed by atoms with Crippen molar-refractivity contribution in [1.82, 2.24) is 14.9 Å². The number of aliphatic imine (C=N–C) groups is 1. The van der Waals surface area contributed by atoms with Crippen molar-refractivity contribution in [3.05, 3.63) is 156 Å². The van der Waals surface area contributed by atoms with Crippen molar-refractivity contribution in [3.63, 3.8) is 0 Å². The number of nitrogens with one attached hydrogen (secondary N) is 4. The molecule has 3 aromatic carbocycles. The molecule has 5 rings (SSSR count). The van der Waals surface area contributed by atoms with Crippen molar-refractivity contribution in [1.29, 1.82) is 5.41 Å². The van der Waals surface area contributed by atoms with Crippen LogP contribution in [-0.4, -0.2) is 56.3 Å².